The van der Waals surface area contributed by atoms with Crippen LogP contribution in [0, 0.1) is 11.8 Å². The fraction of sp³-hybridized carbons (Fsp3) is 0.423. The van der Waals surface area contributed by atoms with Crippen LogP contribution in [0.3, 0.4) is 0 Å². The Morgan fingerprint density at radius 3 is 2.07 bits per heavy atom. The van der Waals surface area contributed by atoms with Crippen LogP contribution in [0.2, 0.25) is 5.04 Å². The lowest BCUT2D eigenvalue weighted by Crippen LogP contribution is -2.68. The maximum absolute atomic E-state index is 12.5. The van der Waals surface area contributed by atoms with Crippen molar-refractivity contribution in [1.29, 1.82) is 0 Å². The van der Waals surface area contributed by atoms with Crippen LogP contribution in [0.25, 0.3) is 0 Å². The van der Waals surface area contributed by atoms with Crippen molar-refractivity contribution in [1.82, 2.24) is 0 Å². The summed E-state index contributed by atoms with van der Waals surface area (Å²) in [6.45, 7) is 9.17. The Morgan fingerprint density at radius 2 is 1.57 bits per heavy atom. The van der Waals surface area contributed by atoms with E-state index in [2.05, 4.69) is 87.5 Å². The maximum atomic E-state index is 12.5. The molecule has 30 heavy (non-hydrogen) atoms. The minimum absolute atomic E-state index is 0.0470. The van der Waals surface area contributed by atoms with Gasteiger partial charge in [0.25, 0.3) is 8.32 Å². The number of hydrogen-bond acceptors (Lipinski definition) is 3. The van der Waals surface area contributed by atoms with E-state index in [0.29, 0.717) is 24.9 Å². The van der Waals surface area contributed by atoms with E-state index in [9.17, 15) is 4.79 Å². The summed E-state index contributed by atoms with van der Waals surface area (Å²) >= 11 is 0. The van der Waals surface area contributed by atoms with Gasteiger partial charge in [-0.05, 0) is 40.6 Å². The van der Waals surface area contributed by atoms with Crippen molar-refractivity contribution in [2.24, 2.45) is 11.8 Å². The van der Waals surface area contributed by atoms with Crippen molar-refractivity contribution in [3.63, 3.8) is 0 Å². The first-order valence-corrected chi connectivity index (χ1v) is 12.9. The molecule has 0 amide bonds. The molecule has 0 unspecified atom stereocenters. The van der Waals surface area contributed by atoms with Crippen LogP contribution in [0.15, 0.2) is 72.3 Å². The molecular formula is C26H32O3Si. The van der Waals surface area contributed by atoms with Gasteiger partial charge >= 0.3 is 5.97 Å². The lowest BCUT2D eigenvalue weighted by atomic mass is 9.97. The van der Waals surface area contributed by atoms with Gasteiger partial charge in [-0.15, -0.1) is 0 Å². The molecule has 2 aromatic carbocycles. The number of allylic oxidation sites excluding steroid dienone is 1. The quantitative estimate of drug-likeness (QED) is 0.511. The second kappa shape index (κ2) is 8.16. The molecule has 2 aliphatic rings. The van der Waals surface area contributed by atoms with Crippen molar-refractivity contribution in [3.8, 4) is 0 Å². The Bertz CT molecular complexity index is 875. The Balaban J connectivity index is 1.77. The minimum atomic E-state index is -2.61. The van der Waals surface area contributed by atoms with Crippen LogP contribution < -0.4 is 10.4 Å². The zero-order valence-electron chi connectivity index (χ0n) is 18.4. The summed E-state index contributed by atoms with van der Waals surface area (Å²) in [6.07, 6.45) is 3.93. The molecule has 0 heterocycles. The van der Waals surface area contributed by atoms with Crippen LogP contribution in [-0.2, 0) is 14.0 Å². The standard InChI is InChI=1S/C26H32O3Si/c1-5-28-25(27)20-16-19-17-23(19)24(18-20)29-30(26(2,3)4,21-12-8-6-9-13-21)22-14-10-7-11-15-22/h6-16,19,23-24H,5,17-18H2,1-4H3/t19-,23+,24-/m1/s1. The Morgan fingerprint density at radius 1 is 1.00 bits per heavy atom. The summed E-state index contributed by atoms with van der Waals surface area (Å²) in [7, 11) is -2.61. The van der Waals surface area contributed by atoms with Gasteiger partial charge in [-0.25, -0.2) is 4.79 Å². The molecule has 1 fully saturated rings. The van der Waals surface area contributed by atoms with Crippen molar-refractivity contribution >= 4 is 24.7 Å². The van der Waals surface area contributed by atoms with Gasteiger partial charge in [0.2, 0.25) is 0 Å². The van der Waals surface area contributed by atoms with E-state index in [0.717, 1.165) is 12.0 Å². The summed E-state index contributed by atoms with van der Waals surface area (Å²) in [5.41, 5.74) is 0.790. The molecular weight excluding hydrogens is 388 g/mol. The molecule has 4 heteroatoms. The van der Waals surface area contributed by atoms with Crippen molar-refractivity contribution in [2.75, 3.05) is 6.61 Å². The van der Waals surface area contributed by atoms with Crippen LogP contribution >= 0.6 is 0 Å². The van der Waals surface area contributed by atoms with Gasteiger partial charge in [0.15, 0.2) is 0 Å². The molecule has 3 atom stereocenters. The lowest BCUT2D eigenvalue weighted by molar-refractivity contribution is -0.139. The van der Waals surface area contributed by atoms with Crippen molar-refractivity contribution < 1.29 is 14.0 Å². The number of carbonyl (C=O) groups excluding carboxylic acids is 1. The zero-order valence-corrected chi connectivity index (χ0v) is 19.4. The smallest absolute Gasteiger partial charge is 0.333 e. The molecule has 0 bridgehead atoms. The third-order valence-corrected chi connectivity index (χ3v) is 11.5. The summed E-state index contributed by atoms with van der Waals surface area (Å²) in [5.74, 6) is 0.769. The molecule has 158 valence electrons. The summed E-state index contributed by atoms with van der Waals surface area (Å²) in [4.78, 5) is 12.5. The molecule has 0 aromatic heterocycles. The zero-order chi connectivity index (χ0) is 21.4. The van der Waals surface area contributed by atoms with Gasteiger partial charge in [-0.1, -0.05) is 87.5 Å². The van der Waals surface area contributed by atoms with Crippen molar-refractivity contribution in [2.45, 2.75) is 51.7 Å². The number of rotatable bonds is 6. The number of hydrogen-bond donors (Lipinski definition) is 0. The van der Waals surface area contributed by atoms with Gasteiger partial charge in [0.05, 0.1) is 12.7 Å². The Kier molecular flexibility index (Phi) is 5.73. The van der Waals surface area contributed by atoms with E-state index < -0.39 is 8.32 Å². The predicted molar refractivity (Wildman–Crippen MR) is 123 cm³/mol. The second-order valence-corrected chi connectivity index (χ2v) is 13.8. The molecule has 0 spiro atoms. The second-order valence-electron chi connectivity index (χ2n) is 9.50. The molecule has 1 saturated carbocycles. The normalized spacial score (nSPS) is 23.3. The first kappa shape index (κ1) is 21.1. The van der Waals surface area contributed by atoms with Crippen LogP contribution in [0.4, 0.5) is 0 Å². The SMILES string of the molecule is CCOC(=O)C1=C[C@@H]2C[C@@H]2[C@H](O[Si](c2ccccc2)(c2ccccc2)C(C)(C)C)C1. The highest BCUT2D eigenvalue weighted by molar-refractivity contribution is 6.99. The monoisotopic (exact) mass is 420 g/mol. The third kappa shape index (κ3) is 3.79. The van der Waals surface area contributed by atoms with Gasteiger partial charge < -0.3 is 9.16 Å². The number of ether oxygens (including phenoxy) is 1. The van der Waals surface area contributed by atoms with Crippen LogP contribution in [0.1, 0.15) is 40.5 Å². The number of esters is 1. The van der Waals surface area contributed by atoms with Crippen LogP contribution in [0.5, 0.6) is 0 Å². The highest BCUT2D eigenvalue weighted by Crippen LogP contribution is 2.51. The first-order valence-electron chi connectivity index (χ1n) is 11.0. The van der Waals surface area contributed by atoms with E-state index in [1.165, 1.54) is 10.4 Å². The average Bonchev–Trinajstić information content (AvgIpc) is 3.52. The molecule has 0 radical (unpaired) electrons. The highest BCUT2D eigenvalue weighted by atomic mass is 28.4. The van der Waals surface area contributed by atoms with Crippen LogP contribution in [-0.4, -0.2) is 27.0 Å². The summed E-state index contributed by atoms with van der Waals surface area (Å²) in [5, 5.41) is 2.51. The number of benzene rings is 2. The molecule has 2 aliphatic carbocycles. The Labute approximate surface area is 181 Å². The molecule has 0 aliphatic heterocycles. The molecule has 3 nitrogen and oxygen atoms in total. The number of fused-ring (bicyclic) bond motifs is 1. The molecule has 2 aromatic rings. The molecule has 0 N–H and O–H groups in total. The topological polar surface area (TPSA) is 35.5 Å². The maximum Gasteiger partial charge on any atom is 0.333 e. The fourth-order valence-electron chi connectivity index (χ4n) is 4.97. The Hall–Kier alpha value is -2.17. The lowest BCUT2D eigenvalue weighted by Gasteiger charge is -2.45. The third-order valence-electron chi connectivity index (χ3n) is 6.49. The van der Waals surface area contributed by atoms with E-state index >= 15 is 0 Å². The van der Waals surface area contributed by atoms with Crippen molar-refractivity contribution in [3.05, 3.63) is 72.3 Å². The largest absolute Gasteiger partial charge is 0.463 e. The average molecular weight is 421 g/mol. The van der Waals surface area contributed by atoms with Gasteiger partial charge in [-0.3, -0.25) is 0 Å². The first-order chi connectivity index (χ1) is 14.4. The van der Waals surface area contributed by atoms with E-state index in [4.69, 9.17) is 9.16 Å². The molecule has 0 saturated heterocycles. The summed E-state index contributed by atoms with van der Waals surface area (Å²) in [6, 6.07) is 21.5. The highest BCUT2D eigenvalue weighted by Gasteiger charge is 2.55. The van der Waals surface area contributed by atoms with E-state index in [1.807, 2.05) is 6.92 Å². The van der Waals surface area contributed by atoms with E-state index in [-0.39, 0.29) is 17.1 Å². The van der Waals surface area contributed by atoms with Gasteiger partial charge in [0, 0.05) is 12.0 Å². The molecule has 4 rings (SSSR count). The number of carbonyl (C=O) groups is 1. The van der Waals surface area contributed by atoms with Gasteiger partial charge in [-0.2, -0.15) is 0 Å². The fourth-order valence-corrected chi connectivity index (χ4v) is 9.70. The van der Waals surface area contributed by atoms with Gasteiger partial charge in [0.1, 0.15) is 0 Å². The summed E-state index contributed by atoms with van der Waals surface area (Å²) < 4.78 is 12.6. The minimum Gasteiger partial charge on any atom is -0.463 e. The predicted octanol–water partition coefficient (Wildman–Crippen LogP) is 4.46. The van der Waals surface area contributed by atoms with E-state index in [1.54, 1.807) is 0 Å².